The van der Waals surface area contributed by atoms with E-state index in [1.54, 1.807) is 0 Å². The van der Waals surface area contributed by atoms with E-state index < -0.39 is 5.54 Å². The minimum Gasteiger partial charge on any atom is -0.350 e. The Morgan fingerprint density at radius 1 is 1.31 bits per heavy atom. The van der Waals surface area contributed by atoms with Gasteiger partial charge in [-0.05, 0) is 49.1 Å². The van der Waals surface area contributed by atoms with Crippen LogP contribution in [0.25, 0.3) is 0 Å². The molecular weight excluding hydrogens is 360 g/mol. The first-order valence-corrected chi connectivity index (χ1v) is 11.6. The van der Waals surface area contributed by atoms with Crippen molar-refractivity contribution < 1.29 is 4.79 Å². The van der Waals surface area contributed by atoms with Crippen molar-refractivity contribution in [2.45, 2.75) is 57.7 Å². The number of rotatable bonds is 9. The Bertz CT molecular complexity index is 693. The quantitative estimate of drug-likeness (QED) is 0.559. The van der Waals surface area contributed by atoms with Gasteiger partial charge in [0.15, 0.2) is 0 Å². The van der Waals surface area contributed by atoms with Crippen molar-refractivity contribution >= 4 is 5.91 Å². The van der Waals surface area contributed by atoms with Gasteiger partial charge in [-0.25, -0.2) is 0 Å². The molecule has 4 fully saturated rings. The Balaban J connectivity index is 1.55. The Labute approximate surface area is 175 Å². The number of fused-ring (bicyclic) bond motifs is 1. The molecule has 3 aliphatic heterocycles. The molecule has 1 amide bonds. The summed E-state index contributed by atoms with van der Waals surface area (Å²) in [6.45, 7) is 9.25. The fraction of sp³-hybridized carbons (Fsp3) is 0.708. The maximum Gasteiger partial charge on any atom is 0.240 e. The van der Waals surface area contributed by atoms with Crippen LogP contribution in [0.3, 0.4) is 0 Å². The monoisotopic (exact) mass is 398 g/mol. The van der Waals surface area contributed by atoms with Crippen molar-refractivity contribution in [3.63, 3.8) is 0 Å². The molecule has 1 aromatic carbocycles. The molecule has 3 heterocycles. The second-order valence-corrected chi connectivity index (χ2v) is 9.88. The lowest BCUT2D eigenvalue weighted by molar-refractivity contribution is -0.139. The molecule has 1 aliphatic carbocycles. The number of benzene rings is 1. The maximum absolute atomic E-state index is 13.6. The predicted molar refractivity (Wildman–Crippen MR) is 117 cm³/mol. The minimum absolute atomic E-state index is 0.207. The van der Waals surface area contributed by atoms with Gasteiger partial charge in [0, 0.05) is 38.1 Å². The zero-order chi connectivity index (χ0) is 20.4. The highest BCUT2D eigenvalue weighted by molar-refractivity contribution is 5.87. The van der Waals surface area contributed by atoms with Crippen molar-refractivity contribution in [1.82, 2.24) is 15.5 Å². The van der Waals surface area contributed by atoms with Crippen LogP contribution in [0.2, 0.25) is 0 Å². The molecule has 0 unspecified atom stereocenters. The number of carbonyl (C=O) groups excluding carboxylic acids is 1. The van der Waals surface area contributed by atoms with E-state index in [2.05, 4.69) is 41.5 Å². The van der Waals surface area contributed by atoms with E-state index in [1.165, 1.54) is 0 Å². The number of hydrogen-bond donors (Lipinski definition) is 3. The molecule has 4 bridgehead atoms. The first-order chi connectivity index (χ1) is 14.0. The number of piperidine rings is 2. The number of amides is 1. The average Bonchev–Trinajstić information content (AvgIpc) is 3.01. The fourth-order valence-corrected chi connectivity index (χ4v) is 6.39. The summed E-state index contributed by atoms with van der Waals surface area (Å²) in [6, 6.07) is 10.8. The lowest BCUT2D eigenvalue weighted by atomic mass is 9.58. The summed E-state index contributed by atoms with van der Waals surface area (Å²) in [4.78, 5) is 16.3. The number of likely N-dealkylation sites (tertiary alicyclic amines) is 1. The molecule has 1 aromatic rings. The Kier molecular flexibility index (Phi) is 6.28. The predicted octanol–water partition coefficient (Wildman–Crippen LogP) is 2.37. The number of carbonyl (C=O) groups is 1. The van der Waals surface area contributed by atoms with Crippen molar-refractivity contribution in [3.05, 3.63) is 35.9 Å². The smallest absolute Gasteiger partial charge is 0.240 e. The molecule has 5 nitrogen and oxygen atoms in total. The van der Waals surface area contributed by atoms with Crippen molar-refractivity contribution in [2.24, 2.45) is 29.4 Å². The molecule has 5 atom stereocenters. The van der Waals surface area contributed by atoms with Gasteiger partial charge in [-0.15, -0.1) is 0 Å². The summed E-state index contributed by atoms with van der Waals surface area (Å²) >= 11 is 0. The highest BCUT2D eigenvalue weighted by Gasteiger charge is 2.64. The number of unbranched alkanes of at least 4 members (excludes halogenated alkanes) is 1. The topological polar surface area (TPSA) is 70.4 Å². The van der Waals surface area contributed by atoms with Gasteiger partial charge in [-0.2, -0.15) is 0 Å². The molecule has 160 valence electrons. The van der Waals surface area contributed by atoms with Gasteiger partial charge in [0.1, 0.15) is 5.54 Å². The van der Waals surface area contributed by atoms with Crippen LogP contribution in [0, 0.1) is 23.7 Å². The minimum atomic E-state index is -0.417. The molecule has 1 saturated carbocycles. The summed E-state index contributed by atoms with van der Waals surface area (Å²) in [5.74, 6) is 2.58. The molecule has 3 saturated heterocycles. The molecule has 4 aliphatic rings. The third-order valence-corrected chi connectivity index (χ3v) is 7.49. The first kappa shape index (κ1) is 20.8. The summed E-state index contributed by atoms with van der Waals surface area (Å²) in [6.07, 6.45) is 4.23. The molecule has 0 spiro atoms. The van der Waals surface area contributed by atoms with E-state index in [-0.39, 0.29) is 5.91 Å². The van der Waals surface area contributed by atoms with Gasteiger partial charge >= 0.3 is 0 Å². The van der Waals surface area contributed by atoms with Gasteiger partial charge in [0.25, 0.3) is 0 Å². The summed E-state index contributed by atoms with van der Waals surface area (Å²) in [5.41, 5.74) is 6.53. The lowest BCUT2D eigenvalue weighted by Crippen LogP contribution is -2.73. The van der Waals surface area contributed by atoms with Crippen LogP contribution in [-0.4, -0.2) is 48.6 Å². The zero-order valence-electron chi connectivity index (χ0n) is 18.1. The van der Waals surface area contributed by atoms with Crippen LogP contribution < -0.4 is 16.4 Å². The summed E-state index contributed by atoms with van der Waals surface area (Å²) in [5, 5.41) is 7.04. The fourth-order valence-electron chi connectivity index (χ4n) is 6.39. The molecule has 5 heteroatoms. The normalized spacial score (nSPS) is 33.4. The van der Waals surface area contributed by atoms with Gasteiger partial charge in [-0.1, -0.05) is 50.6 Å². The molecule has 0 radical (unpaired) electrons. The molecule has 0 aromatic heterocycles. The Morgan fingerprint density at radius 2 is 2.10 bits per heavy atom. The summed E-state index contributed by atoms with van der Waals surface area (Å²) in [7, 11) is 0. The Morgan fingerprint density at radius 3 is 2.83 bits per heavy atom. The highest BCUT2D eigenvalue weighted by Crippen LogP contribution is 2.53. The van der Waals surface area contributed by atoms with E-state index in [0.29, 0.717) is 36.3 Å². The molecule has 4 N–H and O–H groups in total. The van der Waals surface area contributed by atoms with E-state index in [1.807, 2.05) is 18.2 Å². The third kappa shape index (κ3) is 3.97. The van der Waals surface area contributed by atoms with E-state index in [0.717, 1.165) is 57.4 Å². The number of nitrogens with one attached hydrogen (secondary N) is 2. The Hall–Kier alpha value is -1.43. The molecular formula is C24H38N4O. The highest BCUT2D eigenvalue weighted by atomic mass is 16.2. The summed E-state index contributed by atoms with van der Waals surface area (Å²) < 4.78 is 0. The number of hydrogen-bond acceptors (Lipinski definition) is 4. The van der Waals surface area contributed by atoms with Crippen molar-refractivity contribution in [2.75, 3.05) is 26.2 Å². The lowest BCUT2D eigenvalue weighted by Gasteiger charge is -2.56. The van der Waals surface area contributed by atoms with Crippen LogP contribution >= 0.6 is 0 Å². The largest absolute Gasteiger partial charge is 0.350 e. The standard InChI is InChI=1S/C24H38N4O/c1-17(2)15-28-16-19-12-24(23(29)26-13-18-8-4-3-5-9-18)21(10-6-7-11-25)22(28)20(19)14-27-24/h3-5,8-9,17,19-22,27H,6-7,10-16,25H2,1-2H3,(H,26,29)/t19-,20-,21-,22+,24+/m1/s1. The van der Waals surface area contributed by atoms with Gasteiger partial charge in [0.05, 0.1) is 0 Å². The van der Waals surface area contributed by atoms with Crippen LogP contribution in [0.1, 0.15) is 45.1 Å². The average molecular weight is 399 g/mol. The zero-order valence-corrected chi connectivity index (χ0v) is 18.1. The van der Waals surface area contributed by atoms with E-state index >= 15 is 0 Å². The maximum atomic E-state index is 13.6. The third-order valence-electron chi connectivity index (χ3n) is 7.49. The van der Waals surface area contributed by atoms with Crippen LogP contribution in [-0.2, 0) is 11.3 Å². The number of nitrogens with two attached hydrogens (primary N) is 1. The van der Waals surface area contributed by atoms with E-state index in [9.17, 15) is 4.79 Å². The first-order valence-electron chi connectivity index (χ1n) is 11.6. The van der Waals surface area contributed by atoms with Crippen LogP contribution in [0.5, 0.6) is 0 Å². The second kappa shape index (κ2) is 8.75. The van der Waals surface area contributed by atoms with Gasteiger partial charge in [0.2, 0.25) is 5.91 Å². The van der Waals surface area contributed by atoms with Crippen molar-refractivity contribution in [3.8, 4) is 0 Å². The molecule has 29 heavy (non-hydrogen) atoms. The van der Waals surface area contributed by atoms with Gasteiger partial charge in [-0.3, -0.25) is 9.69 Å². The second-order valence-electron chi connectivity index (χ2n) is 9.88. The SMILES string of the molecule is CC(C)CN1C[C@H]2C[C@]3(C(=O)NCc4ccccc4)NC[C@H]2[C@H]1[C@H]3CCCCN. The van der Waals surface area contributed by atoms with Crippen LogP contribution in [0.4, 0.5) is 0 Å². The number of nitrogens with zero attached hydrogens (tertiary/aromatic N) is 1. The van der Waals surface area contributed by atoms with Crippen molar-refractivity contribution in [1.29, 1.82) is 0 Å². The van der Waals surface area contributed by atoms with Gasteiger partial charge < -0.3 is 16.4 Å². The van der Waals surface area contributed by atoms with Crippen LogP contribution in [0.15, 0.2) is 30.3 Å². The molecule has 5 rings (SSSR count). The van der Waals surface area contributed by atoms with E-state index in [4.69, 9.17) is 5.73 Å².